The number of benzene rings is 2. The van der Waals surface area contributed by atoms with Crippen molar-refractivity contribution in [1.29, 1.82) is 0 Å². The van der Waals surface area contributed by atoms with E-state index in [0.29, 0.717) is 0 Å². The molecule has 0 amide bonds. The van der Waals surface area contributed by atoms with Crippen molar-refractivity contribution in [3.05, 3.63) is 65.4 Å². The Kier molecular flexibility index (Phi) is 2.76. The van der Waals surface area contributed by atoms with E-state index in [1.165, 1.54) is 49.7 Å². The molecule has 0 aliphatic heterocycles. The van der Waals surface area contributed by atoms with Crippen LogP contribution in [0.15, 0.2) is 48.7 Å². The number of imidazole rings is 1. The highest BCUT2D eigenvalue weighted by Gasteiger charge is 2.25. The largest absolute Gasteiger partial charge is 0.297 e. The predicted molar refractivity (Wildman–Crippen MR) is 103 cm³/mol. The van der Waals surface area contributed by atoms with Gasteiger partial charge in [-0.3, -0.25) is 4.98 Å². The minimum atomic E-state index is 1.09. The molecule has 0 bridgehead atoms. The van der Waals surface area contributed by atoms with Crippen LogP contribution in [0.3, 0.4) is 0 Å². The van der Waals surface area contributed by atoms with Crippen molar-refractivity contribution in [2.45, 2.75) is 20.8 Å². The van der Waals surface area contributed by atoms with Crippen LogP contribution in [0, 0.1) is 20.8 Å². The molecule has 0 saturated carbocycles. The number of hydrogen-bond donors (Lipinski definition) is 0. The Labute approximate surface area is 146 Å². The van der Waals surface area contributed by atoms with Crippen LogP contribution in [0.4, 0.5) is 0 Å². The lowest BCUT2D eigenvalue weighted by molar-refractivity contribution is -0.617. The van der Waals surface area contributed by atoms with E-state index in [4.69, 9.17) is 4.98 Å². The average Bonchev–Trinajstić information content (AvgIpc) is 2.88. The summed E-state index contributed by atoms with van der Waals surface area (Å²) < 4.78 is 4.70. The van der Waals surface area contributed by atoms with Crippen LogP contribution >= 0.6 is 0 Å². The molecule has 0 radical (unpaired) electrons. The number of rotatable bonds is 0. The molecule has 0 unspecified atom stereocenters. The van der Waals surface area contributed by atoms with Crippen molar-refractivity contribution in [1.82, 2.24) is 9.38 Å². The van der Waals surface area contributed by atoms with Gasteiger partial charge in [0.15, 0.2) is 11.0 Å². The fraction of sp³-hybridized carbons (Fsp3) is 0.182. The van der Waals surface area contributed by atoms with Crippen LogP contribution in [-0.4, -0.2) is 9.38 Å². The Balaban J connectivity index is 2.29. The molecule has 5 aromatic rings. The van der Waals surface area contributed by atoms with Gasteiger partial charge in [-0.15, -0.1) is 0 Å². The van der Waals surface area contributed by atoms with Crippen LogP contribution in [0.2, 0.25) is 0 Å². The molecule has 0 atom stereocenters. The molecule has 2 aromatic carbocycles. The third kappa shape index (κ3) is 1.75. The summed E-state index contributed by atoms with van der Waals surface area (Å²) in [5.41, 5.74) is 9.81. The molecule has 5 rings (SSSR count). The molecule has 25 heavy (non-hydrogen) atoms. The Bertz CT molecular complexity index is 1330. The number of aryl methyl sites for hydroxylation is 4. The second kappa shape index (κ2) is 4.79. The van der Waals surface area contributed by atoms with Gasteiger partial charge in [0.1, 0.15) is 5.52 Å². The first-order valence-corrected chi connectivity index (χ1v) is 8.65. The van der Waals surface area contributed by atoms with E-state index >= 15 is 0 Å². The summed E-state index contributed by atoms with van der Waals surface area (Å²) in [5, 5.41) is 2.48. The van der Waals surface area contributed by atoms with E-state index in [1.807, 2.05) is 6.20 Å². The molecule has 3 aromatic heterocycles. The third-order valence-corrected chi connectivity index (χ3v) is 5.37. The molecule has 0 aliphatic rings. The van der Waals surface area contributed by atoms with Gasteiger partial charge in [-0.2, -0.15) is 4.40 Å². The maximum Gasteiger partial charge on any atom is 0.297 e. The zero-order valence-corrected chi connectivity index (χ0v) is 15.0. The van der Waals surface area contributed by atoms with Crippen molar-refractivity contribution in [3.63, 3.8) is 0 Å². The van der Waals surface area contributed by atoms with Gasteiger partial charge in [0.2, 0.25) is 0 Å². The van der Waals surface area contributed by atoms with Crippen molar-refractivity contribution >= 4 is 38.5 Å². The quantitative estimate of drug-likeness (QED) is 0.302. The number of nitrogens with zero attached hydrogens (tertiary/aromatic N) is 3. The second-order valence-electron chi connectivity index (χ2n) is 7.03. The molecular formula is C22H20N3+. The number of aromatic nitrogens is 3. The molecule has 3 nitrogen and oxygen atoms in total. The summed E-state index contributed by atoms with van der Waals surface area (Å²) >= 11 is 0. The van der Waals surface area contributed by atoms with Gasteiger partial charge in [0.25, 0.3) is 5.65 Å². The minimum absolute atomic E-state index is 1.09. The Morgan fingerprint density at radius 3 is 2.52 bits per heavy atom. The lowest BCUT2D eigenvalue weighted by Gasteiger charge is -2.08. The van der Waals surface area contributed by atoms with E-state index in [9.17, 15) is 0 Å². The molecule has 0 fully saturated rings. The molecule has 122 valence electrons. The first kappa shape index (κ1) is 14.4. The summed E-state index contributed by atoms with van der Waals surface area (Å²) in [6, 6.07) is 15.3. The summed E-state index contributed by atoms with van der Waals surface area (Å²) in [5.74, 6) is 0. The topological polar surface area (TPSA) is 21.2 Å². The van der Waals surface area contributed by atoms with Gasteiger partial charge >= 0.3 is 0 Å². The average molecular weight is 326 g/mol. The van der Waals surface area contributed by atoms with Crippen LogP contribution in [0.1, 0.15) is 16.7 Å². The van der Waals surface area contributed by atoms with Crippen molar-refractivity contribution in [3.8, 4) is 0 Å². The number of pyridine rings is 2. The molecule has 0 aliphatic carbocycles. The van der Waals surface area contributed by atoms with E-state index in [2.05, 4.69) is 79.3 Å². The van der Waals surface area contributed by atoms with E-state index in [-0.39, 0.29) is 0 Å². The fourth-order valence-electron chi connectivity index (χ4n) is 4.17. The maximum absolute atomic E-state index is 4.78. The van der Waals surface area contributed by atoms with Crippen LogP contribution in [-0.2, 0) is 7.05 Å². The fourth-order valence-corrected chi connectivity index (χ4v) is 4.17. The third-order valence-electron chi connectivity index (χ3n) is 5.37. The second-order valence-corrected chi connectivity index (χ2v) is 7.03. The highest BCUT2D eigenvalue weighted by molar-refractivity contribution is 6.12. The van der Waals surface area contributed by atoms with Crippen LogP contribution in [0.5, 0.6) is 0 Å². The Morgan fingerprint density at radius 2 is 1.68 bits per heavy atom. The van der Waals surface area contributed by atoms with E-state index < -0.39 is 0 Å². The van der Waals surface area contributed by atoms with E-state index in [0.717, 1.165) is 5.52 Å². The molecule has 0 spiro atoms. The highest BCUT2D eigenvalue weighted by atomic mass is 15.1. The predicted octanol–water partition coefficient (Wildman–Crippen LogP) is 4.54. The number of fused-ring (bicyclic) bond motifs is 8. The van der Waals surface area contributed by atoms with Gasteiger partial charge in [-0.25, -0.2) is 4.57 Å². The monoisotopic (exact) mass is 326 g/mol. The summed E-state index contributed by atoms with van der Waals surface area (Å²) in [6.07, 6.45) is 1.92. The van der Waals surface area contributed by atoms with Crippen LogP contribution < -0.4 is 4.57 Å². The smallest absolute Gasteiger partial charge is 0.255 e. The van der Waals surface area contributed by atoms with Crippen molar-refractivity contribution in [2.75, 3.05) is 0 Å². The molecule has 0 saturated heterocycles. The SMILES string of the molecule is Cc1ccc2c(c1)n1c3cccc(C)c3c3nccc(C)c3c1[n+]2C. The van der Waals surface area contributed by atoms with E-state index in [1.54, 1.807) is 0 Å². The first-order chi connectivity index (χ1) is 12.1. The van der Waals surface area contributed by atoms with Crippen molar-refractivity contribution in [2.24, 2.45) is 7.05 Å². The van der Waals surface area contributed by atoms with Gasteiger partial charge in [0, 0.05) is 6.20 Å². The Hall–Kier alpha value is -2.94. The molecule has 0 N–H and O–H groups in total. The van der Waals surface area contributed by atoms with Gasteiger partial charge < -0.3 is 0 Å². The van der Waals surface area contributed by atoms with Crippen LogP contribution in [0.25, 0.3) is 38.5 Å². The zero-order chi connectivity index (χ0) is 17.3. The van der Waals surface area contributed by atoms with Gasteiger partial charge in [0.05, 0.1) is 23.3 Å². The zero-order valence-electron chi connectivity index (χ0n) is 15.0. The summed E-state index contributed by atoms with van der Waals surface area (Å²) in [4.78, 5) is 4.78. The van der Waals surface area contributed by atoms with Crippen molar-refractivity contribution < 1.29 is 4.57 Å². The standard InChI is InChI=1S/C22H20N3/c1-13-8-9-16-18(12-13)25-17-7-5-6-14(2)19(17)21-20(22(25)24(16)4)15(3)10-11-23-21/h5-12H,1-4H3/q+1. The van der Waals surface area contributed by atoms with Gasteiger partial charge in [-0.05, 0) is 61.7 Å². The Morgan fingerprint density at radius 1 is 0.880 bits per heavy atom. The highest BCUT2D eigenvalue weighted by Crippen LogP contribution is 2.33. The first-order valence-electron chi connectivity index (χ1n) is 8.65. The molecule has 3 heteroatoms. The van der Waals surface area contributed by atoms with Gasteiger partial charge in [-0.1, -0.05) is 18.2 Å². The minimum Gasteiger partial charge on any atom is -0.255 e. The maximum atomic E-state index is 4.78. The lowest BCUT2D eigenvalue weighted by Crippen LogP contribution is -2.27. The molecule has 3 heterocycles. The normalized spacial score (nSPS) is 12.0. The lowest BCUT2D eigenvalue weighted by atomic mass is 10.0. The summed E-state index contributed by atoms with van der Waals surface area (Å²) in [6.45, 7) is 6.51. The summed E-state index contributed by atoms with van der Waals surface area (Å²) in [7, 11) is 2.15. The molecular weight excluding hydrogens is 306 g/mol. The number of hydrogen-bond acceptors (Lipinski definition) is 1.